The van der Waals surface area contributed by atoms with Gasteiger partial charge in [0.25, 0.3) is 11.7 Å². The third kappa shape index (κ3) is 5.27. The normalized spacial score (nSPS) is 17.1. The van der Waals surface area contributed by atoms with Crippen LogP contribution in [0.25, 0.3) is 5.76 Å². The Hall–Kier alpha value is -3.77. The predicted molar refractivity (Wildman–Crippen MR) is 150 cm³/mol. The monoisotopic (exact) mass is 533 g/mol. The molecule has 1 fully saturated rings. The Bertz CT molecular complexity index is 1390. The van der Waals surface area contributed by atoms with E-state index in [-0.39, 0.29) is 16.7 Å². The summed E-state index contributed by atoms with van der Waals surface area (Å²) >= 11 is 6.24. The second-order valence-electron chi connectivity index (χ2n) is 10.0. The Labute approximate surface area is 228 Å². The van der Waals surface area contributed by atoms with Gasteiger partial charge in [0.15, 0.2) is 0 Å². The van der Waals surface area contributed by atoms with Crippen LogP contribution in [0.3, 0.4) is 0 Å². The van der Waals surface area contributed by atoms with Gasteiger partial charge >= 0.3 is 0 Å². The molecule has 1 amide bonds. The number of carbonyl (C=O) groups excluding carboxylic acids is 2. The molecule has 0 bridgehead atoms. The first-order valence-electron chi connectivity index (χ1n) is 12.6. The summed E-state index contributed by atoms with van der Waals surface area (Å²) in [4.78, 5) is 28.3. The van der Waals surface area contributed by atoms with E-state index in [9.17, 15) is 14.7 Å². The van der Waals surface area contributed by atoms with Gasteiger partial charge in [-0.1, -0.05) is 50.6 Å². The van der Waals surface area contributed by atoms with Crippen LogP contribution < -0.4 is 14.4 Å². The molecule has 0 aliphatic carbocycles. The third-order valence-corrected chi connectivity index (χ3v) is 6.63. The van der Waals surface area contributed by atoms with Gasteiger partial charge < -0.3 is 14.6 Å². The number of halogens is 1. The number of aliphatic hydroxyl groups is 1. The van der Waals surface area contributed by atoms with Crippen molar-refractivity contribution in [3.63, 3.8) is 0 Å². The van der Waals surface area contributed by atoms with Gasteiger partial charge in [0.2, 0.25) is 0 Å². The standard InChI is InChI=1S/C31H32ClNO5/c1-6-37-23-14-11-19(12-15-23)27-26(29(35)30(36)33(27)22-10-8-9-21(32)18-22)28(34)20-13-16-25(38-7-2)24(17-20)31(3,4)5/h8-18,27,34H,6-7H2,1-5H3/b28-26-. The molecule has 1 unspecified atom stereocenters. The maximum absolute atomic E-state index is 13.5. The van der Waals surface area contributed by atoms with E-state index in [1.54, 1.807) is 60.7 Å². The SMILES string of the molecule is CCOc1ccc(C2/C(=C(/O)c3ccc(OCC)c(C(C)(C)C)c3)C(=O)C(=O)N2c2cccc(Cl)c2)cc1. The Morgan fingerprint density at radius 1 is 0.947 bits per heavy atom. The summed E-state index contributed by atoms with van der Waals surface area (Å²) in [6.45, 7) is 11.0. The first-order valence-corrected chi connectivity index (χ1v) is 13.0. The zero-order valence-corrected chi connectivity index (χ0v) is 23.0. The molecule has 1 atom stereocenters. The van der Waals surface area contributed by atoms with Crippen molar-refractivity contribution in [2.45, 2.75) is 46.1 Å². The van der Waals surface area contributed by atoms with Crippen molar-refractivity contribution in [3.05, 3.63) is 94.0 Å². The lowest BCUT2D eigenvalue weighted by atomic mass is 9.84. The summed E-state index contributed by atoms with van der Waals surface area (Å²) in [5.41, 5.74) is 2.13. The summed E-state index contributed by atoms with van der Waals surface area (Å²) in [6.07, 6.45) is 0. The summed E-state index contributed by atoms with van der Waals surface area (Å²) < 4.78 is 11.4. The molecule has 0 spiro atoms. The first-order chi connectivity index (χ1) is 18.1. The van der Waals surface area contributed by atoms with Crippen molar-refractivity contribution >= 4 is 34.7 Å². The van der Waals surface area contributed by atoms with Crippen LogP contribution in [0.1, 0.15) is 57.4 Å². The smallest absolute Gasteiger partial charge is 0.300 e. The van der Waals surface area contributed by atoms with E-state index in [2.05, 4.69) is 0 Å². The van der Waals surface area contributed by atoms with Crippen molar-refractivity contribution < 1.29 is 24.2 Å². The number of hydrogen-bond acceptors (Lipinski definition) is 5. The van der Waals surface area contributed by atoms with Crippen LogP contribution in [0.5, 0.6) is 11.5 Å². The molecule has 1 saturated heterocycles. The maximum atomic E-state index is 13.5. The Kier molecular flexibility index (Phi) is 7.83. The fraction of sp³-hybridized carbons (Fsp3) is 0.290. The van der Waals surface area contributed by atoms with E-state index in [1.807, 2.05) is 40.7 Å². The van der Waals surface area contributed by atoms with Crippen molar-refractivity contribution in [1.82, 2.24) is 0 Å². The minimum absolute atomic E-state index is 0.00292. The number of aliphatic hydroxyl groups excluding tert-OH is 1. The molecule has 0 saturated carbocycles. The number of amides is 1. The minimum Gasteiger partial charge on any atom is -0.507 e. The third-order valence-electron chi connectivity index (χ3n) is 6.40. The van der Waals surface area contributed by atoms with E-state index >= 15 is 0 Å². The van der Waals surface area contributed by atoms with Crippen molar-refractivity contribution in [2.75, 3.05) is 18.1 Å². The van der Waals surface area contributed by atoms with Crippen molar-refractivity contribution in [2.24, 2.45) is 0 Å². The van der Waals surface area contributed by atoms with Gasteiger partial charge in [-0.15, -0.1) is 0 Å². The summed E-state index contributed by atoms with van der Waals surface area (Å²) in [5, 5.41) is 12.0. The molecule has 6 nitrogen and oxygen atoms in total. The van der Waals surface area contributed by atoms with Crippen LogP contribution >= 0.6 is 11.6 Å². The molecule has 4 rings (SSSR count). The van der Waals surface area contributed by atoms with E-state index in [0.29, 0.717) is 46.5 Å². The highest BCUT2D eigenvalue weighted by Crippen LogP contribution is 2.44. The zero-order chi connectivity index (χ0) is 27.6. The predicted octanol–water partition coefficient (Wildman–Crippen LogP) is 7.06. The van der Waals surface area contributed by atoms with Crippen LogP contribution in [0.4, 0.5) is 5.69 Å². The van der Waals surface area contributed by atoms with E-state index in [0.717, 1.165) is 5.56 Å². The molecule has 0 aromatic heterocycles. The highest BCUT2D eigenvalue weighted by Gasteiger charge is 2.47. The molecule has 38 heavy (non-hydrogen) atoms. The molecule has 198 valence electrons. The molecule has 3 aromatic rings. The number of hydrogen-bond donors (Lipinski definition) is 1. The Morgan fingerprint density at radius 2 is 1.63 bits per heavy atom. The van der Waals surface area contributed by atoms with Crippen LogP contribution in [0.15, 0.2) is 72.3 Å². The second-order valence-corrected chi connectivity index (χ2v) is 10.5. The molecule has 1 aliphatic heterocycles. The average Bonchev–Trinajstić information content (AvgIpc) is 3.14. The van der Waals surface area contributed by atoms with E-state index in [1.165, 1.54) is 4.90 Å². The van der Waals surface area contributed by atoms with Crippen molar-refractivity contribution in [3.8, 4) is 11.5 Å². The summed E-state index contributed by atoms with van der Waals surface area (Å²) in [5.74, 6) is -0.390. The van der Waals surface area contributed by atoms with Gasteiger partial charge in [-0.25, -0.2) is 0 Å². The van der Waals surface area contributed by atoms with Crippen molar-refractivity contribution in [1.29, 1.82) is 0 Å². The number of ketones is 1. The lowest BCUT2D eigenvalue weighted by Gasteiger charge is -2.26. The fourth-order valence-electron chi connectivity index (χ4n) is 4.65. The molecule has 0 radical (unpaired) electrons. The minimum atomic E-state index is -0.867. The van der Waals surface area contributed by atoms with E-state index in [4.69, 9.17) is 21.1 Å². The van der Waals surface area contributed by atoms with Gasteiger partial charge in [0.1, 0.15) is 17.3 Å². The highest BCUT2D eigenvalue weighted by molar-refractivity contribution is 6.51. The molecule has 7 heteroatoms. The summed E-state index contributed by atoms with van der Waals surface area (Å²) in [6, 6.07) is 18.4. The molecular formula is C31H32ClNO5. The molecule has 1 aliphatic rings. The van der Waals surface area contributed by atoms with Crippen LogP contribution in [-0.4, -0.2) is 30.0 Å². The zero-order valence-electron chi connectivity index (χ0n) is 22.2. The van der Waals surface area contributed by atoms with Gasteiger partial charge in [0, 0.05) is 21.8 Å². The number of ether oxygens (including phenoxy) is 2. The van der Waals surface area contributed by atoms with E-state index < -0.39 is 17.7 Å². The van der Waals surface area contributed by atoms with Gasteiger partial charge in [0.05, 0.1) is 24.8 Å². The lowest BCUT2D eigenvalue weighted by molar-refractivity contribution is -0.132. The van der Waals surface area contributed by atoms with Gasteiger partial charge in [-0.2, -0.15) is 0 Å². The molecule has 3 aromatic carbocycles. The highest BCUT2D eigenvalue weighted by atomic mass is 35.5. The van der Waals surface area contributed by atoms with Crippen LogP contribution in [0, 0.1) is 0 Å². The topological polar surface area (TPSA) is 76.1 Å². The molecular weight excluding hydrogens is 502 g/mol. The Morgan fingerprint density at radius 3 is 2.24 bits per heavy atom. The van der Waals surface area contributed by atoms with Gasteiger partial charge in [-0.05, 0) is 73.4 Å². The number of benzene rings is 3. The second kappa shape index (κ2) is 10.9. The fourth-order valence-corrected chi connectivity index (χ4v) is 4.84. The molecule has 1 heterocycles. The van der Waals surface area contributed by atoms with Crippen LogP contribution in [0.2, 0.25) is 5.02 Å². The number of carbonyl (C=O) groups is 2. The lowest BCUT2D eigenvalue weighted by Crippen LogP contribution is -2.29. The quantitative estimate of drug-likeness (QED) is 0.200. The van der Waals surface area contributed by atoms with Crippen LogP contribution in [-0.2, 0) is 15.0 Å². The summed E-state index contributed by atoms with van der Waals surface area (Å²) in [7, 11) is 0. The molecule has 1 N–H and O–H groups in total. The number of nitrogens with zero attached hydrogens (tertiary/aromatic N) is 1. The Balaban J connectivity index is 1.93. The number of Topliss-reactive ketones (excluding diaryl/α,β-unsaturated/α-hetero) is 1. The number of rotatable bonds is 7. The average molecular weight is 534 g/mol. The number of anilines is 1. The first kappa shape index (κ1) is 27.3. The maximum Gasteiger partial charge on any atom is 0.300 e. The van der Waals surface area contributed by atoms with Gasteiger partial charge in [-0.3, -0.25) is 14.5 Å². The largest absolute Gasteiger partial charge is 0.507 e.